The number of carbonyl (C=O) groups is 2. The first-order chi connectivity index (χ1) is 15.0. The van der Waals surface area contributed by atoms with E-state index in [0.717, 1.165) is 0 Å². The lowest BCUT2D eigenvalue weighted by Gasteiger charge is -2.28. The monoisotopic (exact) mass is 560 g/mol. The Labute approximate surface area is 215 Å². The molecule has 2 N–H and O–H groups in total. The van der Waals surface area contributed by atoms with Crippen LogP contribution >= 0.6 is 69.6 Å². The van der Waals surface area contributed by atoms with E-state index in [-0.39, 0.29) is 13.2 Å². The number of rotatable bonds is 9. The fourth-order valence-electron chi connectivity index (χ4n) is 2.35. The van der Waals surface area contributed by atoms with Crippen LogP contribution in [0.5, 0.6) is 0 Å². The second-order valence-electron chi connectivity index (χ2n) is 6.26. The number of hydrogen-bond donors (Lipinski definition) is 2. The van der Waals surface area contributed by atoms with Gasteiger partial charge in [0.05, 0.1) is 13.2 Å². The third-order valence-corrected chi connectivity index (χ3v) is 5.03. The summed E-state index contributed by atoms with van der Waals surface area (Å²) < 4.78 is 6.97. The molecule has 0 fully saturated rings. The van der Waals surface area contributed by atoms with E-state index in [2.05, 4.69) is 10.6 Å². The summed E-state index contributed by atoms with van der Waals surface area (Å²) in [6, 6.07) is 16.6. The zero-order valence-corrected chi connectivity index (χ0v) is 20.8. The molecule has 6 nitrogen and oxygen atoms in total. The van der Waals surface area contributed by atoms with Gasteiger partial charge in [-0.3, -0.25) is 9.59 Å². The average Bonchev–Trinajstić information content (AvgIpc) is 2.74. The molecule has 2 atom stereocenters. The Morgan fingerprint density at radius 1 is 0.656 bits per heavy atom. The first-order valence-corrected chi connectivity index (χ1v) is 11.3. The summed E-state index contributed by atoms with van der Waals surface area (Å²) in [4.78, 5) is 24.7. The molecule has 0 aliphatic carbocycles. The van der Waals surface area contributed by atoms with Gasteiger partial charge in [0.2, 0.25) is 7.59 Å². The van der Waals surface area contributed by atoms with Crippen LogP contribution in [0.4, 0.5) is 0 Å². The lowest BCUT2D eigenvalue weighted by molar-refractivity contribution is -0.0345. The van der Waals surface area contributed by atoms with Crippen LogP contribution in [0.3, 0.4) is 0 Å². The fraction of sp³-hybridized carbons (Fsp3) is 0.300. The van der Waals surface area contributed by atoms with E-state index in [9.17, 15) is 9.59 Å². The molecule has 0 saturated heterocycles. The molecule has 174 valence electrons. The summed E-state index contributed by atoms with van der Waals surface area (Å²) in [5, 5.41) is 4.97. The fourth-order valence-corrected chi connectivity index (χ4v) is 3.06. The van der Waals surface area contributed by atoms with E-state index >= 15 is 0 Å². The Morgan fingerprint density at radius 2 is 0.969 bits per heavy atom. The number of alkyl halides is 6. The minimum Gasteiger partial charge on any atom is -0.351 e. The minimum atomic E-state index is -1.97. The standard InChI is InChI=1S/C20H18Cl6N2O4/c21-19(22,23)17(27-15(29)13-7-3-1-4-8-13)31-11-12-32-18(20(24,25)26)28-16(30)14-9-5-2-6-10-14/h1-10,17-18H,11-12H2,(H,27,29)(H,28,30)/t17-,18+. The number of halogens is 6. The quantitative estimate of drug-likeness (QED) is 0.248. The van der Waals surface area contributed by atoms with Crippen molar-refractivity contribution >= 4 is 81.4 Å². The Balaban J connectivity index is 1.92. The van der Waals surface area contributed by atoms with Crippen molar-refractivity contribution in [2.24, 2.45) is 0 Å². The van der Waals surface area contributed by atoms with Gasteiger partial charge in [-0.25, -0.2) is 0 Å². The van der Waals surface area contributed by atoms with Gasteiger partial charge in [-0.1, -0.05) is 106 Å². The van der Waals surface area contributed by atoms with Crippen molar-refractivity contribution in [3.63, 3.8) is 0 Å². The summed E-state index contributed by atoms with van der Waals surface area (Å²) >= 11 is 35.5. The van der Waals surface area contributed by atoms with E-state index in [1.54, 1.807) is 60.7 Å². The van der Waals surface area contributed by atoms with Gasteiger partial charge >= 0.3 is 0 Å². The highest BCUT2D eigenvalue weighted by Gasteiger charge is 2.37. The van der Waals surface area contributed by atoms with Gasteiger partial charge in [-0.2, -0.15) is 0 Å². The molecule has 2 aromatic carbocycles. The van der Waals surface area contributed by atoms with Gasteiger partial charge in [0.25, 0.3) is 11.8 Å². The molecule has 0 spiro atoms. The van der Waals surface area contributed by atoms with Crippen molar-refractivity contribution < 1.29 is 19.1 Å². The summed E-state index contributed by atoms with van der Waals surface area (Å²) in [6.07, 6.45) is -2.59. The van der Waals surface area contributed by atoms with Crippen LogP contribution in [0.2, 0.25) is 0 Å². The molecule has 32 heavy (non-hydrogen) atoms. The Hall–Kier alpha value is -0.960. The molecule has 0 radical (unpaired) electrons. The summed E-state index contributed by atoms with van der Waals surface area (Å²) in [7, 11) is 0. The SMILES string of the molecule is O=C(N[C@H](OCCO[C@H](NC(=O)c1ccccc1)C(Cl)(Cl)Cl)C(Cl)(Cl)Cl)c1ccccc1. The van der Waals surface area contributed by atoms with Crippen LogP contribution < -0.4 is 10.6 Å². The molecule has 2 aromatic rings. The molecule has 0 saturated carbocycles. The van der Waals surface area contributed by atoms with Crippen LogP contribution in [-0.2, 0) is 9.47 Å². The van der Waals surface area contributed by atoms with Gasteiger partial charge in [0.1, 0.15) is 0 Å². The van der Waals surface area contributed by atoms with Crippen molar-refractivity contribution in [1.82, 2.24) is 10.6 Å². The molecule has 0 unspecified atom stereocenters. The molecular formula is C20H18Cl6N2O4. The average molecular weight is 563 g/mol. The van der Waals surface area contributed by atoms with Crippen LogP contribution in [0.15, 0.2) is 60.7 Å². The van der Waals surface area contributed by atoms with Gasteiger partial charge < -0.3 is 20.1 Å². The smallest absolute Gasteiger partial charge is 0.253 e. The van der Waals surface area contributed by atoms with Gasteiger partial charge in [0.15, 0.2) is 12.5 Å². The first-order valence-electron chi connectivity index (χ1n) is 9.07. The summed E-state index contributed by atoms with van der Waals surface area (Å²) in [6.45, 7) is -0.321. The van der Waals surface area contributed by atoms with Gasteiger partial charge in [-0.15, -0.1) is 0 Å². The van der Waals surface area contributed by atoms with Crippen LogP contribution in [0, 0.1) is 0 Å². The number of nitrogens with one attached hydrogen (secondary N) is 2. The number of ether oxygens (including phenoxy) is 2. The predicted octanol–water partition coefficient (Wildman–Crippen LogP) is 5.27. The zero-order chi connectivity index (χ0) is 23.8. The van der Waals surface area contributed by atoms with Crippen LogP contribution in [0.1, 0.15) is 20.7 Å². The highest BCUT2D eigenvalue weighted by atomic mass is 35.6. The minimum absolute atomic E-state index is 0.161. The maximum absolute atomic E-state index is 12.3. The topological polar surface area (TPSA) is 76.7 Å². The molecule has 2 amide bonds. The molecule has 0 aliphatic rings. The highest BCUT2D eigenvalue weighted by molar-refractivity contribution is 6.68. The van der Waals surface area contributed by atoms with E-state index in [1.807, 2.05) is 0 Å². The van der Waals surface area contributed by atoms with Crippen molar-refractivity contribution in [3.8, 4) is 0 Å². The third-order valence-electron chi connectivity index (χ3n) is 3.84. The van der Waals surface area contributed by atoms with E-state index in [1.165, 1.54) is 0 Å². The van der Waals surface area contributed by atoms with Crippen molar-refractivity contribution in [3.05, 3.63) is 71.8 Å². The van der Waals surface area contributed by atoms with Crippen LogP contribution in [-0.4, -0.2) is 45.1 Å². The summed E-state index contributed by atoms with van der Waals surface area (Å²) in [5.74, 6) is -1.01. The Kier molecular flexibility index (Phi) is 10.6. The molecule has 12 heteroatoms. The van der Waals surface area contributed by atoms with Gasteiger partial charge in [0, 0.05) is 11.1 Å². The number of benzene rings is 2. The predicted molar refractivity (Wildman–Crippen MR) is 128 cm³/mol. The molecule has 0 heterocycles. The molecular weight excluding hydrogens is 545 g/mol. The maximum Gasteiger partial charge on any atom is 0.253 e. The second kappa shape index (κ2) is 12.5. The van der Waals surface area contributed by atoms with Crippen molar-refractivity contribution in [2.75, 3.05) is 13.2 Å². The number of hydrogen-bond acceptors (Lipinski definition) is 4. The van der Waals surface area contributed by atoms with Crippen molar-refractivity contribution in [2.45, 2.75) is 20.0 Å². The van der Waals surface area contributed by atoms with E-state index < -0.39 is 31.9 Å². The normalized spacial score (nSPS) is 13.8. The Bertz CT molecular complexity index is 802. The van der Waals surface area contributed by atoms with E-state index in [4.69, 9.17) is 79.1 Å². The lowest BCUT2D eigenvalue weighted by atomic mass is 10.2. The summed E-state index contributed by atoms with van der Waals surface area (Å²) in [5.41, 5.74) is 0.706. The lowest BCUT2D eigenvalue weighted by Crippen LogP contribution is -2.48. The largest absolute Gasteiger partial charge is 0.351 e. The van der Waals surface area contributed by atoms with Crippen molar-refractivity contribution in [1.29, 1.82) is 0 Å². The molecule has 2 rings (SSSR count). The third kappa shape index (κ3) is 9.12. The van der Waals surface area contributed by atoms with Gasteiger partial charge in [-0.05, 0) is 24.3 Å². The first kappa shape index (κ1) is 27.3. The highest BCUT2D eigenvalue weighted by Crippen LogP contribution is 2.32. The Morgan fingerprint density at radius 3 is 1.25 bits per heavy atom. The maximum atomic E-state index is 12.3. The van der Waals surface area contributed by atoms with Crippen LogP contribution in [0.25, 0.3) is 0 Å². The van der Waals surface area contributed by atoms with E-state index in [0.29, 0.717) is 11.1 Å². The number of amides is 2. The zero-order valence-electron chi connectivity index (χ0n) is 16.2. The molecule has 0 aliphatic heterocycles. The molecule has 0 bridgehead atoms. The molecule has 0 aromatic heterocycles. The second-order valence-corrected chi connectivity index (χ2v) is 11.0. The number of carbonyl (C=O) groups excluding carboxylic acids is 2.